The zero-order valence-electron chi connectivity index (χ0n) is 12.5. The minimum atomic E-state index is -0.325. The van der Waals surface area contributed by atoms with Gasteiger partial charge >= 0.3 is 5.37 Å². The second-order valence-electron chi connectivity index (χ2n) is 5.88. The fourth-order valence-corrected chi connectivity index (χ4v) is 3.64. The third kappa shape index (κ3) is 3.33. The third-order valence-electron chi connectivity index (χ3n) is 4.58. The van der Waals surface area contributed by atoms with Gasteiger partial charge in [0.1, 0.15) is 0 Å². The number of benzene rings is 2. The van der Waals surface area contributed by atoms with E-state index in [9.17, 15) is 4.79 Å². The Morgan fingerprint density at radius 1 is 0.909 bits per heavy atom. The first-order chi connectivity index (χ1) is 10.8. The van der Waals surface area contributed by atoms with E-state index in [1.54, 1.807) is 4.90 Å². The van der Waals surface area contributed by atoms with Crippen molar-refractivity contribution in [2.45, 2.75) is 18.8 Å². The largest absolute Gasteiger partial charge is 0.329 e. The van der Waals surface area contributed by atoms with Gasteiger partial charge in [0.15, 0.2) is 0 Å². The molecule has 0 bridgehead atoms. The van der Waals surface area contributed by atoms with Gasteiger partial charge in [-0.05, 0) is 41.5 Å². The van der Waals surface area contributed by atoms with Gasteiger partial charge in [0.25, 0.3) is 0 Å². The highest BCUT2D eigenvalue weighted by atomic mass is 35.5. The molecule has 1 heterocycles. The predicted molar refractivity (Wildman–Crippen MR) is 90.3 cm³/mol. The fraction of sp³-hybridized carbons (Fsp3) is 0.316. The Balaban J connectivity index is 1.86. The first-order valence-electron chi connectivity index (χ1n) is 7.80. The van der Waals surface area contributed by atoms with Crippen LogP contribution in [0.5, 0.6) is 0 Å². The maximum Gasteiger partial charge on any atom is 0.316 e. The van der Waals surface area contributed by atoms with Crippen LogP contribution >= 0.6 is 11.6 Å². The van der Waals surface area contributed by atoms with Gasteiger partial charge in [-0.15, -0.1) is 0 Å². The number of nitrogens with zero attached hydrogens (tertiary/aromatic N) is 1. The van der Waals surface area contributed by atoms with Crippen molar-refractivity contribution in [3.05, 3.63) is 71.8 Å². The summed E-state index contributed by atoms with van der Waals surface area (Å²) >= 11 is 5.60. The average Bonchev–Trinajstić information content (AvgIpc) is 2.57. The molecule has 114 valence electrons. The summed E-state index contributed by atoms with van der Waals surface area (Å²) < 4.78 is 0. The highest BCUT2D eigenvalue weighted by Gasteiger charge is 2.29. The Morgan fingerprint density at radius 2 is 1.36 bits per heavy atom. The highest BCUT2D eigenvalue weighted by Crippen LogP contribution is 2.37. The Hall–Kier alpha value is -1.80. The fourth-order valence-electron chi connectivity index (χ4n) is 3.47. The van der Waals surface area contributed by atoms with E-state index >= 15 is 0 Å². The first kappa shape index (κ1) is 15.1. The molecule has 1 amide bonds. The predicted octanol–water partition coefficient (Wildman–Crippen LogP) is 4.89. The molecule has 22 heavy (non-hydrogen) atoms. The number of rotatable bonds is 3. The van der Waals surface area contributed by atoms with Crippen LogP contribution in [0.15, 0.2) is 60.7 Å². The van der Waals surface area contributed by atoms with Crippen LogP contribution in [0.2, 0.25) is 0 Å². The smallest absolute Gasteiger partial charge is 0.316 e. The molecule has 3 rings (SSSR count). The van der Waals surface area contributed by atoms with Gasteiger partial charge in [-0.2, -0.15) is 0 Å². The van der Waals surface area contributed by atoms with Crippen molar-refractivity contribution < 1.29 is 4.79 Å². The number of amides is 1. The summed E-state index contributed by atoms with van der Waals surface area (Å²) in [5.41, 5.74) is 2.70. The molecule has 1 saturated heterocycles. The minimum Gasteiger partial charge on any atom is -0.329 e. The van der Waals surface area contributed by atoms with Crippen LogP contribution in [0.1, 0.15) is 29.9 Å². The molecule has 0 unspecified atom stereocenters. The Labute approximate surface area is 136 Å². The molecule has 0 atom stereocenters. The molecule has 2 aromatic carbocycles. The molecule has 1 aliphatic rings. The van der Waals surface area contributed by atoms with Crippen molar-refractivity contribution in [3.8, 4) is 0 Å². The van der Waals surface area contributed by atoms with Crippen molar-refractivity contribution in [1.82, 2.24) is 4.90 Å². The number of hydrogen-bond acceptors (Lipinski definition) is 1. The average molecular weight is 314 g/mol. The van der Waals surface area contributed by atoms with Crippen LogP contribution in [-0.2, 0) is 0 Å². The van der Waals surface area contributed by atoms with Crippen LogP contribution in [0.3, 0.4) is 0 Å². The zero-order chi connectivity index (χ0) is 15.4. The Kier molecular flexibility index (Phi) is 4.79. The normalized spacial score (nSPS) is 16.0. The van der Waals surface area contributed by atoms with Gasteiger partial charge in [-0.3, -0.25) is 4.79 Å². The molecule has 0 N–H and O–H groups in total. The molecule has 0 spiro atoms. The van der Waals surface area contributed by atoms with E-state index in [4.69, 9.17) is 11.6 Å². The molecule has 2 aromatic rings. The number of carbonyl (C=O) groups excluding carboxylic acids is 1. The van der Waals surface area contributed by atoms with E-state index in [2.05, 4.69) is 60.7 Å². The van der Waals surface area contributed by atoms with Crippen LogP contribution in [0, 0.1) is 5.92 Å². The van der Waals surface area contributed by atoms with Crippen molar-refractivity contribution in [2.75, 3.05) is 13.1 Å². The number of hydrogen-bond donors (Lipinski definition) is 0. The monoisotopic (exact) mass is 313 g/mol. The van der Waals surface area contributed by atoms with Gasteiger partial charge in [0.05, 0.1) is 0 Å². The van der Waals surface area contributed by atoms with Crippen molar-refractivity contribution in [1.29, 1.82) is 0 Å². The summed E-state index contributed by atoms with van der Waals surface area (Å²) in [5.74, 6) is 0.923. The van der Waals surface area contributed by atoms with Crippen LogP contribution in [0.4, 0.5) is 4.79 Å². The first-order valence-corrected chi connectivity index (χ1v) is 8.18. The zero-order valence-corrected chi connectivity index (χ0v) is 13.2. The maximum atomic E-state index is 11.3. The van der Waals surface area contributed by atoms with Gasteiger partial charge < -0.3 is 4.90 Å². The summed E-state index contributed by atoms with van der Waals surface area (Å²) in [6.45, 7) is 1.51. The van der Waals surface area contributed by atoms with Gasteiger partial charge in [-0.1, -0.05) is 60.7 Å². The number of carbonyl (C=O) groups is 1. The molecular formula is C19H20ClNO. The highest BCUT2D eigenvalue weighted by molar-refractivity contribution is 6.62. The minimum absolute atomic E-state index is 0.325. The number of piperidine rings is 1. The molecule has 1 aliphatic heterocycles. The van der Waals surface area contributed by atoms with Gasteiger partial charge in [0.2, 0.25) is 0 Å². The quantitative estimate of drug-likeness (QED) is 0.583. The van der Waals surface area contributed by atoms with E-state index in [0.717, 1.165) is 25.9 Å². The maximum absolute atomic E-state index is 11.3. The van der Waals surface area contributed by atoms with E-state index in [-0.39, 0.29) is 5.37 Å². The lowest BCUT2D eigenvalue weighted by atomic mass is 9.76. The lowest BCUT2D eigenvalue weighted by molar-refractivity contribution is 0.186. The summed E-state index contributed by atoms with van der Waals surface area (Å²) in [4.78, 5) is 13.0. The van der Waals surface area contributed by atoms with E-state index in [0.29, 0.717) is 11.8 Å². The number of likely N-dealkylation sites (tertiary alicyclic amines) is 1. The van der Waals surface area contributed by atoms with Crippen molar-refractivity contribution in [2.24, 2.45) is 5.92 Å². The van der Waals surface area contributed by atoms with E-state index < -0.39 is 0 Å². The van der Waals surface area contributed by atoms with E-state index in [1.807, 2.05) is 0 Å². The Morgan fingerprint density at radius 3 is 1.77 bits per heavy atom. The van der Waals surface area contributed by atoms with Crippen LogP contribution < -0.4 is 0 Å². The molecular weight excluding hydrogens is 294 g/mol. The van der Waals surface area contributed by atoms with E-state index in [1.165, 1.54) is 11.1 Å². The Bertz CT molecular complexity index is 566. The molecule has 1 fully saturated rings. The van der Waals surface area contributed by atoms with Crippen molar-refractivity contribution in [3.63, 3.8) is 0 Å². The second-order valence-corrected chi connectivity index (χ2v) is 6.20. The van der Waals surface area contributed by atoms with Crippen molar-refractivity contribution >= 4 is 17.0 Å². The van der Waals surface area contributed by atoms with Gasteiger partial charge in [-0.25, -0.2) is 0 Å². The molecule has 0 radical (unpaired) electrons. The number of halogens is 1. The summed E-state index contributed by atoms with van der Waals surface area (Å²) in [7, 11) is 0. The second kappa shape index (κ2) is 6.97. The molecule has 0 aromatic heterocycles. The lowest BCUT2D eigenvalue weighted by Crippen LogP contribution is -2.37. The summed E-state index contributed by atoms with van der Waals surface area (Å²) in [6, 6.07) is 21.3. The molecule has 0 aliphatic carbocycles. The summed E-state index contributed by atoms with van der Waals surface area (Å²) in [5, 5.41) is -0.325. The summed E-state index contributed by atoms with van der Waals surface area (Å²) in [6.07, 6.45) is 1.99. The van der Waals surface area contributed by atoms with Crippen LogP contribution in [0.25, 0.3) is 0 Å². The molecule has 3 heteroatoms. The topological polar surface area (TPSA) is 20.3 Å². The third-order valence-corrected chi connectivity index (χ3v) is 4.82. The molecule has 2 nitrogen and oxygen atoms in total. The van der Waals surface area contributed by atoms with Gasteiger partial charge in [0, 0.05) is 19.0 Å². The molecule has 0 saturated carbocycles. The van der Waals surface area contributed by atoms with Crippen LogP contribution in [-0.4, -0.2) is 23.4 Å². The SMILES string of the molecule is O=C(Cl)N1CCC(C(c2ccccc2)c2ccccc2)CC1. The standard InChI is InChI=1S/C19H20ClNO/c20-19(22)21-13-11-17(12-14-21)18(15-7-3-1-4-8-15)16-9-5-2-6-10-16/h1-10,17-18H,11-14H2. The lowest BCUT2D eigenvalue weighted by Gasteiger charge is -2.35.